The van der Waals surface area contributed by atoms with Gasteiger partial charge in [-0.1, -0.05) is 48.2 Å². The Kier molecular flexibility index (Phi) is 5.23. The highest BCUT2D eigenvalue weighted by Gasteiger charge is 2.22. The average Bonchev–Trinajstić information content (AvgIpc) is 3.25. The van der Waals surface area contributed by atoms with Crippen molar-refractivity contribution in [2.24, 2.45) is 0 Å². The van der Waals surface area contributed by atoms with Crippen molar-refractivity contribution < 1.29 is 4.79 Å². The average molecular weight is 414 g/mol. The van der Waals surface area contributed by atoms with Gasteiger partial charge in [0.05, 0.1) is 10.8 Å². The van der Waals surface area contributed by atoms with Crippen LogP contribution >= 0.6 is 23.1 Å². The Labute approximate surface area is 169 Å². The van der Waals surface area contributed by atoms with E-state index in [2.05, 4.69) is 43.3 Å². The molecule has 0 spiro atoms. The number of thioether (sulfide) groups is 1. The molecule has 3 aromatic heterocycles. The molecule has 28 heavy (non-hydrogen) atoms. The van der Waals surface area contributed by atoms with Crippen LogP contribution in [0.25, 0.3) is 22.1 Å². The third-order valence-corrected chi connectivity index (χ3v) is 6.31. The molecule has 1 atom stereocenters. The zero-order chi connectivity index (χ0) is 19.7. The van der Waals surface area contributed by atoms with E-state index in [1.54, 1.807) is 0 Å². The molecule has 0 aliphatic heterocycles. The molecule has 0 saturated carbocycles. The predicted octanol–water partition coefficient (Wildman–Crippen LogP) is 3.67. The fraction of sp³-hybridized carbons (Fsp3) is 0.333. The normalized spacial score (nSPS) is 12.5. The highest BCUT2D eigenvalue weighted by atomic mass is 32.2. The van der Waals surface area contributed by atoms with Crippen molar-refractivity contribution in [2.75, 3.05) is 5.32 Å². The highest BCUT2D eigenvalue weighted by Crippen LogP contribution is 2.29. The molecule has 0 bridgehead atoms. The lowest BCUT2D eigenvalue weighted by molar-refractivity contribution is -0.115. The summed E-state index contributed by atoms with van der Waals surface area (Å²) in [6.07, 6.45) is 0.631. The first kappa shape index (κ1) is 18.8. The molecule has 3 heterocycles. The van der Waals surface area contributed by atoms with E-state index in [1.807, 2.05) is 32.0 Å². The summed E-state index contributed by atoms with van der Waals surface area (Å²) in [5.41, 5.74) is 2.65. The Morgan fingerprint density at radius 3 is 2.75 bits per heavy atom. The van der Waals surface area contributed by atoms with Crippen molar-refractivity contribution in [1.29, 1.82) is 0 Å². The number of benzene rings is 1. The highest BCUT2D eigenvalue weighted by molar-refractivity contribution is 8.00. The van der Waals surface area contributed by atoms with Gasteiger partial charge in [-0.3, -0.25) is 10.1 Å². The molecule has 1 amide bonds. The minimum Gasteiger partial charge on any atom is -0.324 e. The van der Waals surface area contributed by atoms with Gasteiger partial charge >= 0.3 is 0 Å². The predicted molar refractivity (Wildman–Crippen MR) is 112 cm³/mol. The maximum Gasteiger partial charge on any atom is 0.239 e. The van der Waals surface area contributed by atoms with Crippen LogP contribution in [0.5, 0.6) is 0 Å². The van der Waals surface area contributed by atoms with Crippen LogP contribution in [0.4, 0.5) is 5.13 Å². The second-order valence-electron chi connectivity index (χ2n) is 6.16. The summed E-state index contributed by atoms with van der Waals surface area (Å²) >= 11 is 2.66. The van der Waals surface area contributed by atoms with E-state index in [0.717, 1.165) is 33.6 Å². The number of hydrogen-bond acceptors (Lipinski definition) is 8. The van der Waals surface area contributed by atoms with Gasteiger partial charge in [0, 0.05) is 11.9 Å². The van der Waals surface area contributed by atoms with E-state index >= 15 is 0 Å². The smallest absolute Gasteiger partial charge is 0.239 e. The molecule has 0 radical (unpaired) electrons. The van der Waals surface area contributed by atoms with Gasteiger partial charge in [0.2, 0.25) is 16.2 Å². The fourth-order valence-electron chi connectivity index (χ4n) is 3.04. The van der Waals surface area contributed by atoms with Gasteiger partial charge < -0.3 is 4.57 Å². The van der Waals surface area contributed by atoms with E-state index in [1.165, 1.54) is 23.1 Å². The number of hydrogen-bond donors (Lipinski definition) is 1. The molecule has 0 aliphatic rings. The van der Waals surface area contributed by atoms with Crippen LogP contribution in [-0.4, -0.2) is 41.1 Å². The quantitative estimate of drug-likeness (QED) is 0.482. The summed E-state index contributed by atoms with van der Waals surface area (Å²) in [5.74, 6) is -0.136. The first-order valence-electron chi connectivity index (χ1n) is 9.00. The third-order valence-electron chi connectivity index (χ3n) is 4.34. The van der Waals surface area contributed by atoms with Gasteiger partial charge in [-0.25, -0.2) is 4.98 Å². The molecule has 8 nitrogen and oxygen atoms in total. The van der Waals surface area contributed by atoms with Crippen LogP contribution in [0.1, 0.15) is 25.3 Å². The first-order chi connectivity index (χ1) is 13.6. The van der Waals surface area contributed by atoms with Crippen LogP contribution in [0.15, 0.2) is 29.4 Å². The number of nitrogens with zero attached hydrogens (tertiary/aromatic N) is 6. The van der Waals surface area contributed by atoms with Gasteiger partial charge in [-0.05, 0) is 26.3 Å². The zero-order valence-corrected chi connectivity index (χ0v) is 17.3. The summed E-state index contributed by atoms with van der Waals surface area (Å²) in [5, 5.41) is 21.8. The summed E-state index contributed by atoms with van der Waals surface area (Å²) in [6, 6.07) is 8.07. The molecule has 10 heteroatoms. The first-order valence-corrected chi connectivity index (χ1v) is 10.7. The molecular weight excluding hydrogens is 394 g/mol. The zero-order valence-electron chi connectivity index (χ0n) is 15.7. The summed E-state index contributed by atoms with van der Waals surface area (Å²) < 4.78 is 2.12. The van der Waals surface area contributed by atoms with Crippen molar-refractivity contribution in [3.05, 3.63) is 29.3 Å². The second kappa shape index (κ2) is 7.80. The number of aryl methyl sites for hydroxylation is 2. The molecule has 4 rings (SSSR count). The maximum absolute atomic E-state index is 12.6. The van der Waals surface area contributed by atoms with Gasteiger partial charge in [0.15, 0.2) is 5.65 Å². The fourth-order valence-corrected chi connectivity index (χ4v) is 4.45. The Balaban J connectivity index is 1.62. The minimum absolute atomic E-state index is 0.136. The molecule has 0 unspecified atom stereocenters. The van der Waals surface area contributed by atoms with E-state index in [-0.39, 0.29) is 11.2 Å². The SMILES string of the molecule is CC[C@H](Sc1nnc2c3ccccc3n(CC)c2n1)C(=O)Nc1nnc(C)s1. The van der Waals surface area contributed by atoms with Crippen LogP contribution in [0.2, 0.25) is 0 Å². The molecule has 4 aromatic rings. The van der Waals surface area contributed by atoms with Gasteiger partial charge in [0.1, 0.15) is 10.5 Å². The number of nitrogens with one attached hydrogen (secondary N) is 1. The number of fused-ring (bicyclic) bond motifs is 3. The summed E-state index contributed by atoms with van der Waals surface area (Å²) in [6.45, 7) is 6.66. The number of rotatable bonds is 6. The lowest BCUT2D eigenvalue weighted by Gasteiger charge is -2.12. The van der Waals surface area contributed by atoms with Crippen molar-refractivity contribution in [2.45, 2.75) is 44.1 Å². The van der Waals surface area contributed by atoms with Crippen molar-refractivity contribution in [1.82, 2.24) is 29.9 Å². The van der Waals surface area contributed by atoms with E-state index < -0.39 is 0 Å². The number of aromatic nitrogens is 6. The topological polar surface area (TPSA) is 98.5 Å². The van der Waals surface area contributed by atoms with Crippen molar-refractivity contribution >= 4 is 56.2 Å². The van der Waals surface area contributed by atoms with Gasteiger partial charge in [-0.15, -0.1) is 20.4 Å². The molecule has 0 fully saturated rings. The lowest BCUT2D eigenvalue weighted by atomic mass is 10.2. The number of para-hydroxylation sites is 1. The van der Waals surface area contributed by atoms with E-state index in [0.29, 0.717) is 16.7 Å². The van der Waals surface area contributed by atoms with Crippen LogP contribution in [0.3, 0.4) is 0 Å². The molecule has 144 valence electrons. The van der Waals surface area contributed by atoms with Crippen LogP contribution in [-0.2, 0) is 11.3 Å². The Morgan fingerprint density at radius 1 is 1.21 bits per heavy atom. The number of carbonyl (C=O) groups excluding carboxylic acids is 1. The monoisotopic (exact) mass is 413 g/mol. The summed E-state index contributed by atoms with van der Waals surface area (Å²) in [7, 11) is 0. The third kappa shape index (κ3) is 3.45. The second-order valence-corrected chi connectivity index (χ2v) is 8.51. The molecular formula is C18H19N7OS2. The van der Waals surface area contributed by atoms with Crippen LogP contribution < -0.4 is 5.32 Å². The van der Waals surface area contributed by atoms with Crippen LogP contribution in [0, 0.1) is 6.92 Å². The standard InChI is InChI=1S/C18H19N7OS2/c1-4-13(16(26)20-18-23-21-10(3)27-18)28-17-19-15-14(22-24-17)11-8-6-7-9-12(11)25(15)5-2/h6-9,13H,4-5H2,1-3H3,(H,20,23,26)/t13-/m0/s1. The number of anilines is 1. The Hall–Kier alpha value is -2.59. The molecule has 0 saturated heterocycles. The Bertz CT molecular complexity index is 1150. The van der Waals surface area contributed by atoms with Crippen molar-refractivity contribution in [3.8, 4) is 0 Å². The molecule has 1 aromatic carbocycles. The molecule has 1 N–H and O–H groups in total. The largest absolute Gasteiger partial charge is 0.324 e. The van der Waals surface area contributed by atoms with Gasteiger partial charge in [-0.2, -0.15) is 0 Å². The van der Waals surface area contributed by atoms with Gasteiger partial charge in [0.25, 0.3) is 0 Å². The minimum atomic E-state index is -0.345. The molecule has 0 aliphatic carbocycles. The summed E-state index contributed by atoms with van der Waals surface area (Å²) in [4.78, 5) is 17.3. The maximum atomic E-state index is 12.6. The van der Waals surface area contributed by atoms with E-state index in [9.17, 15) is 4.79 Å². The Morgan fingerprint density at radius 2 is 2.04 bits per heavy atom. The van der Waals surface area contributed by atoms with E-state index in [4.69, 9.17) is 4.98 Å². The number of carbonyl (C=O) groups is 1. The van der Waals surface area contributed by atoms with Crippen molar-refractivity contribution in [3.63, 3.8) is 0 Å². The number of amides is 1. The lowest BCUT2D eigenvalue weighted by Crippen LogP contribution is -2.24.